The predicted molar refractivity (Wildman–Crippen MR) is 51.3 cm³/mol. The number of ether oxygens (including phenoxy) is 1. The Bertz CT molecular complexity index is 357. The SMILES string of the molecule is OCc1cnc(OCCC(F)(F)F)c(Cl)c1. The number of aliphatic hydroxyl groups is 1. The third-order valence-corrected chi connectivity index (χ3v) is 1.94. The van der Waals surface area contributed by atoms with Gasteiger partial charge < -0.3 is 9.84 Å². The molecule has 0 radical (unpaired) electrons. The van der Waals surface area contributed by atoms with Gasteiger partial charge in [-0.1, -0.05) is 11.6 Å². The summed E-state index contributed by atoms with van der Waals surface area (Å²) in [4.78, 5) is 3.69. The molecule has 0 bridgehead atoms. The Labute approximate surface area is 94.8 Å². The topological polar surface area (TPSA) is 42.4 Å². The maximum atomic E-state index is 11.8. The zero-order chi connectivity index (χ0) is 12.2. The second kappa shape index (κ2) is 5.36. The highest BCUT2D eigenvalue weighted by atomic mass is 35.5. The van der Waals surface area contributed by atoms with Gasteiger partial charge in [0, 0.05) is 6.20 Å². The molecule has 0 aromatic carbocycles. The third-order valence-electron chi connectivity index (χ3n) is 1.67. The van der Waals surface area contributed by atoms with E-state index in [4.69, 9.17) is 21.4 Å². The van der Waals surface area contributed by atoms with Crippen LogP contribution in [0, 0.1) is 0 Å². The van der Waals surface area contributed by atoms with Crippen LogP contribution < -0.4 is 4.74 Å². The number of halogens is 4. The van der Waals surface area contributed by atoms with Crippen LogP contribution in [-0.2, 0) is 6.61 Å². The third kappa shape index (κ3) is 4.24. The highest BCUT2D eigenvalue weighted by Crippen LogP contribution is 2.24. The van der Waals surface area contributed by atoms with E-state index in [1.54, 1.807) is 0 Å². The van der Waals surface area contributed by atoms with E-state index in [9.17, 15) is 13.2 Å². The van der Waals surface area contributed by atoms with Gasteiger partial charge in [0.15, 0.2) is 0 Å². The number of aromatic nitrogens is 1. The lowest BCUT2D eigenvalue weighted by Crippen LogP contribution is -2.13. The maximum Gasteiger partial charge on any atom is 0.392 e. The largest absolute Gasteiger partial charge is 0.476 e. The van der Waals surface area contributed by atoms with Crippen LogP contribution in [0.5, 0.6) is 5.88 Å². The Morgan fingerprint density at radius 2 is 2.12 bits per heavy atom. The molecule has 7 heteroatoms. The van der Waals surface area contributed by atoms with E-state index >= 15 is 0 Å². The summed E-state index contributed by atoms with van der Waals surface area (Å²) in [5.41, 5.74) is 0.466. The van der Waals surface area contributed by atoms with E-state index in [0.717, 1.165) is 0 Å². The van der Waals surface area contributed by atoms with Crippen LogP contribution in [0.25, 0.3) is 0 Å². The first kappa shape index (κ1) is 13.1. The summed E-state index contributed by atoms with van der Waals surface area (Å²) >= 11 is 5.68. The van der Waals surface area contributed by atoms with Gasteiger partial charge in [0.1, 0.15) is 5.02 Å². The minimum absolute atomic E-state index is 0.0666. The van der Waals surface area contributed by atoms with E-state index in [0.29, 0.717) is 5.56 Å². The fraction of sp³-hybridized carbons (Fsp3) is 0.444. The van der Waals surface area contributed by atoms with Gasteiger partial charge in [-0.3, -0.25) is 0 Å². The average molecular weight is 256 g/mol. The molecule has 0 amide bonds. The van der Waals surface area contributed by atoms with Gasteiger partial charge in [0.05, 0.1) is 19.6 Å². The number of hydrogen-bond donors (Lipinski definition) is 1. The summed E-state index contributed by atoms with van der Waals surface area (Å²) in [6, 6.07) is 1.39. The number of pyridine rings is 1. The first-order chi connectivity index (χ1) is 7.42. The lowest BCUT2D eigenvalue weighted by atomic mass is 10.3. The van der Waals surface area contributed by atoms with Gasteiger partial charge in [0.2, 0.25) is 5.88 Å². The smallest absolute Gasteiger partial charge is 0.392 e. The molecule has 90 valence electrons. The summed E-state index contributed by atoms with van der Waals surface area (Å²) in [5, 5.41) is 8.82. The molecule has 1 aromatic rings. The first-order valence-electron chi connectivity index (χ1n) is 4.37. The molecule has 1 rings (SSSR count). The van der Waals surface area contributed by atoms with E-state index in [1.165, 1.54) is 12.3 Å². The minimum atomic E-state index is -4.27. The van der Waals surface area contributed by atoms with Gasteiger partial charge in [-0.15, -0.1) is 0 Å². The lowest BCUT2D eigenvalue weighted by Gasteiger charge is -2.09. The molecule has 1 heterocycles. The van der Waals surface area contributed by atoms with Crippen molar-refractivity contribution < 1.29 is 23.0 Å². The summed E-state index contributed by atoms with van der Waals surface area (Å²) in [6.07, 6.45) is -4.04. The second-order valence-corrected chi connectivity index (χ2v) is 3.41. The molecule has 0 aliphatic rings. The van der Waals surface area contributed by atoms with E-state index in [-0.39, 0.29) is 17.5 Å². The Morgan fingerprint density at radius 1 is 1.44 bits per heavy atom. The first-order valence-corrected chi connectivity index (χ1v) is 4.75. The molecule has 0 aliphatic carbocycles. The number of hydrogen-bond acceptors (Lipinski definition) is 3. The molecular weight excluding hydrogens is 247 g/mol. The number of alkyl halides is 3. The summed E-state index contributed by atoms with van der Waals surface area (Å²) in [7, 11) is 0. The van der Waals surface area contributed by atoms with E-state index < -0.39 is 19.2 Å². The van der Waals surface area contributed by atoms with Gasteiger partial charge in [0.25, 0.3) is 0 Å². The highest BCUT2D eigenvalue weighted by Gasteiger charge is 2.27. The minimum Gasteiger partial charge on any atom is -0.476 e. The fourth-order valence-corrected chi connectivity index (χ4v) is 1.16. The van der Waals surface area contributed by atoms with Gasteiger partial charge >= 0.3 is 6.18 Å². The molecular formula is C9H9ClF3NO2. The molecule has 0 unspecified atom stereocenters. The quantitative estimate of drug-likeness (QED) is 0.899. The molecule has 0 saturated carbocycles. The van der Waals surface area contributed by atoms with Crippen molar-refractivity contribution in [2.24, 2.45) is 0 Å². The van der Waals surface area contributed by atoms with Crippen molar-refractivity contribution in [1.82, 2.24) is 4.98 Å². The molecule has 16 heavy (non-hydrogen) atoms. The molecule has 3 nitrogen and oxygen atoms in total. The molecule has 1 N–H and O–H groups in total. The Hall–Kier alpha value is -1.01. The van der Waals surface area contributed by atoms with Crippen LogP contribution in [0.4, 0.5) is 13.2 Å². The summed E-state index contributed by atoms with van der Waals surface area (Å²) in [6.45, 7) is -0.774. The van der Waals surface area contributed by atoms with Gasteiger partial charge in [-0.2, -0.15) is 13.2 Å². The molecule has 0 fully saturated rings. The van der Waals surface area contributed by atoms with Crippen molar-refractivity contribution in [2.75, 3.05) is 6.61 Å². The van der Waals surface area contributed by atoms with Crippen molar-refractivity contribution in [3.05, 3.63) is 22.8 Å². The molecule has 1 aromatic heterocycles. The second-order valence-electron chi connectivity index (χ2n) is 3.00. The Balaban J connectivity index is 2.55. The van der Waals surface area contributed by atoms with Crippen molar-refractivity contribution in [2.45, 2.75) is 19.2 Å². The maximum absolute atomic E-state index is 11.8. The van der Waals surface area contributed by atoms with Crippen molar-refractivity contribution in [3.8, 4) is 5.88 Å². The number of aliphatic hydroxyl groups excluding tert-OH is 1. The highest BCUT2D eigenvalue weighted by molar-refractivity contribution is 6.31. The zero-order valence-corrected chi connectivity index (χ0v) is 8.85. The van der Waals surface area contributed by atoms with Crippen molar-refractivity contribution in [3.63, 3.8) is 0 Å². The Kier molecular flexibility index (Phi) is 4.37. The summed E-state index contributed by atoms with van der Waals surface area (Å²) < 4.78 is 40.2. The van der Waals surface area contributed by atoms with Gasteiger partial charge in [-0.25, -0.2) is 4.98 Å². The molecule has 0 atom stereocenters. The number of rotatable bonds is 4. The summed E-state index contributed by atoms with van der Waals surface area (Å²) in [5.74, 6) is -0.0666. The van der Waals surface area contributed by atoms with Crippen LogP contribution >= 0.6 is 11.6 Å². The number of nitrogens with zero attached hydrogens (tertiary/aromatic N) is 1. The molecule has 0 aliphatic heterocycles. The van der Waals surface area contributed by atoms with Crippen LogP contribution in [0.15, 0.2) is 12.3 Å². The van der Waals surface area contributed by atoms with Crippen molar-refractivity contribution in [1.29, 1.82) is 0 Å². The predicted octanol–water partition coefficient (Wildman–Crippen LogP) is 2.56. The van der Waals surface area contributed by atoms with E-state index in [1.807, 2.05) is 0 Å². The van der Waals surface area contributed by atoms with Gasteiger partial charge in [-0.05, 0) is 11.6 Å². The average Bonchev–Trinajstić information content (AvgIpc) is 2.18. The standard InChI is InChI=1S/C9H9ClF3NO2/c10-7-3-6(5-15)4-14-8(7)16-2-1-9(11,12)13/h3-4,15H,1-2,5H2. The normalized spacial score (nSPS) is 11.6. The molecule has 0 spiro atoms. The molecule has 0 saturated heterocycles. The monoisotopic (exact) mass is 255 g/mol. The van der Waals surface area contributed by atoms with E-state index in [2.05, 4.69) is 4.98 Å². The van der Waals surface area contributed by atoms with Crippen molar-refractivity contribution >= 4 is 11.6 Å². The van der Waals surface area contributed by atoms with Crippen LogP contribution in [0.2, 0.25) is 5.02 Å². The van der Waals surface area contributed by atoms with Crippen LogP contribution in [-0.4, -0.2) is 22.9 Å². The van der Waals surface area contributed by atoms with Crippen LogP contribution in [0.3, 0.4) is 0 Å². The van der Waals surface area contributed by atoms with Crippen LogP contribution in [0.1, 0.15) is 12.0 Å². The fourth-order valence-electron chi connectivity index (χ4n) is 0.921. The zero-order valence-electron chi connectivity index (χ0n) is 8.09. The lowest BCUT2D eigenvalue weighted by molar-refractivity contribution is -0.139. The Morgan fingerprint density at radius 3 is 2.62 bits per heavy atom.